The maximum Gasteiger partial charge on any atom is 0.263 e. The number of hydrogen-bond donors (Lipinski definition) is 3. The van der Waals surface area contributed by atoms with Crippen molar-refractivity contribution in [2.45, 2.75) is 25.7 Å². The van der Waals surface area contributed by atoms with Crippen LogP contribution >= 0.6 is 0 Å². The SMILES string of the molecule is N#C/C(=C/NCCc1ccc(O)cc1)C(=O)NCCCN1CCCC1=O. The minimum atomic E-state index is -0.419. The molecule has 1 aromatic carbocycles. The Morgan fingerprint density at radius 1 is 1.31 bits per heavy atom. The minimum Gasteiger partial charge on any atom is -0.508 e. The number of hydrogen-bond acceptors (Lipinski definition) is 5. The molecule has 1 saturated heterocycles. The highest BCUT2D eigenvalue weighted by Crippen LogP contribution is 2.10. The molecule has 7 nitrogen and oxygen atoms in total. The predicted molar refractivity (Wildman–Crippen MR) is 97.0 cm³/mol. The van der Waals surface area contributed by atoms with Gasteiger partial charge in [0.15, 0.2) is 0 Å². The van der Waals surface area contributed by atoms with Crippen molar-refractivity contribution in [1.82, 2.24) is 15.5 Å². The molecule has 2 rings (SSSR count). The second-order valence-electron chi connectivity index (χ2n) is 6.13. The molecule has 1 fully saturated rings. The van der Waals surface area contributed by atoms with E-state index in [2.05, 4.69) is 10.6 Å². The fraction of sp³-hybridized carbons (Fsp3) is 0.421. The number of benzene rings is 1. The molecule has 1 aromatic rings. The van der Waals surface area contributed by atoms with E-state index >= 15 is 0 Å². The van der Waals surface area contributed by atoms with Crippen LogP contribution in [-0.2, 0) is 16.0 Å². The van der Waals surface area contributed by atoms with Gasteiger partial charge in [-0.1, -0.05) is 12.1 Å². The van der Waals surface area contributed by atoms with E-state index in [1.54, 1.807) is 17.0 Å². The van der Waals surface area contributed by atoms with Crippen LogP contribution in [0.4, 0.5) is 0 Å². The molecule has 1 aliphatic heterocycles. The summed E-state index contributed by atoms with van der Waals surface area (Å²) in [6.45, 7) is 2.42. The molecule has 3 N–H and O–H groups in total. The van der Waals surface area contributed by atoms with E-state index in [1.807, 2.05) is 18.2 Å². The van der Waals surface area contributed by atoms with E-state index in [1.165, 1.54) is 6.20 Å². The highest BCUT2D eigenvalue weighted by molar-refractivity contribution is 5.97. The summed E-state index contributed by atoms with van der Waals surface area (Å²) in [6, 6.07) is 8.77. The molecule has 0 bridgehead atoms. The van der Waals surface area contributed by atoms with Gasteiger partial charge in [-0.05, 0) is 37.0 Å². The van der Waals surface area contributed by atoms with Crippen LogP contribution in [0.2, 0.25) is 0 Å². The number of nitrogens with one attached hydrogen (secondary N) is 2. The summed E-state index contributed by atoms with van der Waals surface area (Å²) in [5.41, 5.74) is 1.07. The van der Waals surface area contributed by atoms with E-state index < -0.39 is 5.91 Å². The lowest BCUT2D eigenvalue weighted by Gasteiger charge is -2.15. The number of phenolic OH excluding ortho intramolecular Hbond substituents is 1. The van der Waals surface area contributed by atoms with Crippen LogP contribution in [-0.4, -0.2) is 48.0 Å². The molecule has 1 aliphatic rings. The van der Waals surface area contributed by atoms with Gasteiger partial charge in [0.25, 0.3) is 5.91 Å². The Morgan fingerprint density at radius 2 is 2.08 bits per heavy atom. The number of nitriles is 1. The van der Waals surface area contributed by atoms with Gasteiger partial charge in [-0.15, -0.1) is 0 Å². The van der Waals surface area contributed by atoms with Gasteiger partial charge in [-0.2, -0.15) is 5.26 Å². The first kappa shape index (κ1) is 19.3. The molecule has 0 saturated carbocycles. The Morgan fingerprint density at radius 3 is 2.73 bits per heavy atom. The maximum absolute atomic E-state index is 12.0. The largest absolute Gasteiger partial charge is 0.508 e. The summed E-state index contributed by atoms with van der Waals surface area (Å²) in [4.78, 5) is 25.3. The predicted octanol–water partition coefficient (Wildman–Crippen LogP) is 1.06. The summed E-state index contributed by atoms with van der Waals surface area (Å²) in [7, 11) is 0. The van der Waals surface area contributed by atoms with Gasteiger partial charge >= 0.3 is 0 Å². The third kappa shape index (κ3) is 6.13. The second-order valence-corrected chi connectivity index (χ2v) is 6.13. The minimum absolute atomic E-state index is 0.0213. The molecule has 0 unspecified atom stereocenters. The number of rotatable bonds is 9. The number of carbonyl (C=O) groups excluding carboxylic acids is 2. The lowest BCUT2D eigenvalue weighted by molar-refractivity contribution is -0.127. The van der Waals surface area contributed by atoms with Gasteiger partial charge in [0.2, 0.25) is 5.91 Å². The Hall–Kier alpha value is -3.01. The smallest absolute Gasteiger partial charge is 0.263 e. The number of carbonyl (C=O) groups is 2. The van der Waals surface area contributed by atoms with Crippen LogP contribution in [0.5, 0.6) is 5.75 Å². The fourth-order valence-electron chi connectivity index (χ4n) is 2.71. The number of aromatic hydroxyl groups is 1. The monoisotopic (exact) mass is 356 g/mol. The van der Waals surface area contributed by atoms with E-state index in [9.17, 15) is 14.7 Å². The molecule has 2 amide bonds. The Bertz CT molecular complexity index is 692. The molecule has 138 valence electrons. The average Bonchev–Trinajstić information content (AvgIpc) is 3.05. The van der Waals surface area contributed by atoms with Gasteiger partial charge in [0, 0.05) is 38.8 Å². The molecule has 0 atom stereocenters. The van der Waals surface area contributed by atoms with Crippen molar-refractivity contribution in [2.75, 3.05) is 26.2 Å². The van der Waals surface area contributed by atoms with Crippen LogP contribution in [0, 0.1) is 11.3 Å². The number of amides is 2. The van der Waals surface area contributed by atoms with Crippen LogP contribution in [0.25, 0.3) is 0 Å². The maximum atomic E-state index is 12.0. The molecular formula is C19H24N4O3. The normalized spacial score (nSPS) is 14.2. The zero-order valence-electron chi connectivity index (χ0n) is 14.7. The van der Waals surface area contributed by atoms with Crippen molar-refractivity contribution in [3.8, 4) is 11.8 Å². The summed E-state index contributed by atoms with van der Waals surface area (Å²) in [6.07, 6.45) is 4.32. The summed E-state index contributed by atoms with van der Waals surface area (Å²) < 4.78 is 0. The molecule has 0 aliphatic carbocycles. The van der Waals surface area contributed by atoms with Gasteiger partial charge in [0.1, 0.15) is 17.4 Å². The first-order valence-corrected chi connectivity index (χ1v) is 8.77. The van der Waals surface area contributed by atoms with Crippen LogP contribution in [0.1, 0.15) is 24.8 Å². The third-order valence-electron chi connectivity index (χ3n) is 4.17. The van der Waals surface area contributed by atoms with Crippen molar-refractivity contribution in [3.63, 3.8) is 0 Å². The first-order chi connectivity index (χ1) is 12.6. The Balaban J connectivity index is 1.66. The fourth-order valence-corrected chi connectivity index (χ4v) is 2.71. The third-order valence-corrected chi connectivity index (χ3v) is 4.17. The summed E-state index contributed by atoms with van der Waals surface area (Å²) >= 11 is 0. The number of phenols is 1. The van der Waals surface area contributed by atoms with Crippen LogP contribution in [0.15, 0.2) is 36.0 Å². The summed E-state index contributed by atoms with van der Waals surface area (Å²) in [5.74, 6) is -0.0247. The molecule has 7 heteroatoms. The van der Waals surface area contributed by atoms with Gasteiger partial charge in [-0.25, -0.2) is 0 Å². The lowest BCUT2D eigenvalue weighted by atomic mass is 10.1. The topological polar surface area (TPSA) is 105 Å². The van der Waals surface area contributed by atoms with E-state index in [4.69, 9.17) is 5.26 Å². The van der Waals surface area contributed by atoms with Crippen molar-refractivity contribution in [1.29, 1.82) is 5.26 Å². The van der Waals surface area contributed by atoms with E-state index in [-0.39, 0.29) is 17.2 Å². The number of nitrogens with zero attached hydrogens (tertiary/aromatic N) is 2. The van der Waals surface area contributed by atoms with Crippen molar-refractivity contribution in [2.24, 2.45) is 0 Å². The van der Waals surface area contributed by atoms with Crippen molar-refractivity contribution in [3.05, 3.63) is 41.6 Å². The van der Waals surface area contributed by atoms with Gasteiger partial charge < -0.3 is 20.6 Å². The van der Waals surface area contributed by atoms with Gasteiger partial charge in [0.05, 0.1) is 0 Å². The van der Waals surface area contributed by atoms with Crippen molar-refractivity contribution < 1.29 is 14.7 Å². The first-order valence-electron chi connectivity index (χ1n) is 8.77. The highest BCUT2D eigenvalue weighted by Gasteiger charge is 2.19. The Labute approximate surface area is 153 Å². The van der Waals surface area contributed by atoms with E-state index in [0.717, 1.165) is 18.5 Å². The Kier molecular flexibility index (Phi) is 7.49. The standard InChI is InChI=1S/C19H24N4O3/c20-13-16(14-21-10-8-15-4-6-17(24)7-5-15)19(26)22-9-2-12-23-11-1-3-18(23)25/h4-7,14,21,24H,1-3,8-12H2,(H,22,26)/b16-14-. The second kappa shape index (κ2) is 10.1. The molecule has 0 aromatic heterocycles. The highest BCUT2D eigenvalue weighted by atomic mass is 16.3. The lowest BCUT2D eigenvalue weighted by Crippen LogP contribution is -2.31. The van der Waals surface area contributed by atoms with Crippen LogP contribution < -0.4 is 10.6 Å². The molecule has 0 radical (unpaired) electrons. The zero-order valence-corrected chi connectivity index (χ0v) is 14.7. The number of likely N-dealkylation sites (tertiary alicyclic amines) is 1. The van der Waals surface area contributed by atoms with Crippen LogP contribution in [0.3, 0.4) is 0 Å². The molecule has 1 heterocycles. The van der Waals surface area contributed by atoms with Crippen molar-refractivity contribution >= 4 is 11.8 Å². The molecular weight excluding hydrogens is 332 g/mol. The zero-order chi connectivity index (χ0) is 18.8. The average molecular weight is 356 g/mol. The quantitative estimate of drug-likeness (QED) is 0.349. The summed E-state index contributed by atoms with van der Waals surface area (Å²) in [5, 5.41) is 24.0. The molecule has 26 heavy (non-hydrogen) atoms. The van der Waals surface area contributed by atoms with E-state index in [0.29, 0.717) is 38.9 Å². The molecule has 0 spiro atoms. The van der Waals surface area contributed by atoms with Gasteiger partial charge in [-0.3, -0.25) is 9.59 Å².